The zero-order valence-corrected chi connectivity index (χ0v) is 15.5. The average Bonchev–Trinajstić information content (AvgIpc) is 2.82. The summed E-state index contributed by atoms with van der Waals surface area (Å²) < 4.78 is 11.4. The molecule has 0 bridgehead atoms. The van der Waals surface area contributed by atoms with Crippen molar-refractivity contribution in [3.8, 4) is 5.75 Å². The predicted octanol–water partition coefficient (Wildman–Crippen LogP) is 5.14. The number of methoxy groups -OCH3 is 1. The molecule has 1 heterocycles. The van der Waals surface area contributed by atoms with Crippen LogP contribution in [-0.4, -0.2) is 31.5 Å². The summed E-state index contributed by atoms with van der Waals surface area (Å²) in [6.45, 7) is 1.33. The fraction of sp³-hybridized carbons (Fsp3) is 0.400. The average molecular weight is 363 g/mol. The summed E-state index contributed by atoms with van der Waals surface area (Å²) in [5.74, 6) is 2.00. The molecule has 2 unspecified atom stereocenters. The molecule has 0 saturated heterocycles. The molecule has 2 atom stereocenters. The lowest BCUT2D eigenvalue weighted by Crippen LogP contribution is -2.16. The zero-order chi connectivity index (χ0) is 16.8. The van der Waals surface area contributed by atoms with Crippen LogP contribution in [0.25, 0.3) is 0 Å². The standard InChI is InChI=1S/C20H23ClO2S/c1-22-19-9-5-8-16-12-17(15-6-3-2-4-7-15)13-18(24-20(16)19)14-23-11-10-21/h2-9,17-18H,10-14H2,1H3. The molecule has 0 saturated carbocycles. The Morgan fingerprint density at radius 2 is 1.96 bits per heavy atom. The summed E-state index contributed by atoms with van der Waals surface area (Å²) in [7, 11) is 1.74. The molecule has 0 amide bonds. The van der Waals surface area contributed by atoms with Crippen molar-refractivity contribution in [2.75, 3.05) is 26.2 Å². The molecular weight excluding hydrogens is 340 g/mol. The molecule has 0 N–H and O–H groups in total. The first-order chi connectivity index (χ1) is 11.8. The second-order valence-corrected chi connectivity index (χ2v) is 7.69. The number of ether oxygens (including phenoxy) is 2. The minimum absolute atomic E-state index is 0.399. The third kappa shape index (κ3) is 4.27. The maximum atomic E-state index is 5.76. The summed E-state index contributed by atoms with van der Waals surface area (Å²) in [6, 6.07) is 17.2. The van der Waals surface area contributed by atoms with E-state index in [2.05, 4.69) is 42.5 Å². The van der Waals surface area contributed by atoms with Crippen molar-refractivity contribution >= 4 is 23.4 Å². The number of fused-ring (bicyclic) bond motifs is 1. The van der Waals surface area contributed by atoms with E-state index < -0.39 is 0 Å². The van der Waals surface area contributed by atoms with Gasteiger partial charge in [-0.1, -0.05) is 42.5 Å². The van der Waals surface area contributed by atoms with Crippen molar-refractivity contribution in [3.05, 3.63) is 59.7 Å². The smallest absolute Gasteiger partial charge is 0.132 e. The van der Waals surface area contributed by atoms with Gasteiger partial charge in [0.15, 0.2) is 0 Å². The number of halogens is 1. The Morgan fingerprint density at radius 1 is 1.12 bits per heavy atom. The number of thioether (sulfide) groups is 1. The highest BCUT2D eigenvalue weighted by atomic mass is 35.5. The fourth-order valence-electron chi connectivity index (χ4n) is 3.25. The second-order valence-electron chi connectivity index (χ2n) is 6.00. The van der Waals surface area contributed by atoms with Crippen LogP contribution in [-0.2, 0) is 11.2 Å². The van der Waals surface area contributed by atoms with Gasteiger partial charge in [0.25, 0.3) is 0 Å². The Bertz CT molecular complexity index is 647. The van der Waals surface area contributed by atoms with Gasteiger partial charge in [0, 0.05) is 11.1 Å². The van der Waals surface area contributed by atoms with Crippen molar-refractivity contribution in [3.63, 3.8) is 0 Å². The van der Waals surface area contributed by atoms with Crippen LogP contribution in [0.2, 0.25) is 0 Å². The highest BCUT2D eigenvalue weighted by molar-refractivity contribution is 8.00. The van der Waals surface area contributed by atoms with Crippen LogP contribution >= 0.6 is 23.4 Å². The van der Waals surface area contributed by atoms with E-state index >= 15 is 0 Å². The van der Waals surface area contributed by atoms with E-state index in [0.717, 1.165) is 25.2 Å². The zero-order valence-electron chi connectivity index (χ0n) is 13.9. The first-order valence-electron chi connectivity index (χ1n) is 8.33. The van der Waals surface area contributed by atoms with Gasteiger partial charge < -0.3 is 9.47 Å². The third-order valence-corrected chi connectivity index (χ3v) is 5.89. The number of alkyl halides is 1. The summed E-state index contributed by atoms with van der Waals surface area (Å²) in [4.78, 5) is 1.26. The van der Waals surface area contributed by atoms with Crippen molar-refractivity contribution < 1.29 is 9.47 Å². The van der Waals surface area contributed by atoms with Crippen LogP contribution in [0.5, 0.6) is 5.75 Å². The number of benzene rings is 2. The van der Waals surface area contributed by atoms with Gasteiger partial charge in [0.2, 0.25) is 0 Å². The minimum atomic E-state index is 0.399. The van der Waals surface area contributed by atoms with Crippen molar-refractivity contribution in [1.29, 1.82) is 0 Å². The van der Waals surface area contributed by atoms with Crippen LogP contribution in [0.4, 0.5) is 0 Å². The molecule has 0 aliphatic carbocycles. The van der Waals surface area contributed by atoms with Gasteiger partial charge in [0.05, 0.1) is 25.2 Å². The molecule has 0 fully saturated rings. The lowest BCUT2D eigenvalue weighted by atomic mass is 9.88. The summed E-state index contributed by atoms with van der Waals surface area (Å²) >= 11 is 7.64. The maximum absolute atomic E-state index is 5.76. The van der Waals surface area contributed by atoms with Crippen LogP contribution in [0.15, 0.2) is 53.4 Å². The van der Waals surface area contributed by atoms with Crippen molar-refractivity contribution in [1.82, 2.24) is 0 Å². The summed E-state index contributed by atoms with van der Waals surface area (Å²) in [6.07, 6.45) is 2.13. The van der Waals surface area contributed by atoms with Gasteiger partial charge in [-0.05, 0) is 36.0 Å². The first kappa shape index (κ1) is 17.7. The number of hydrogen-bond donors (Lipinski definition) is 0. The Hall–Kier alpha value is -1.16. The van der Waals surface area contributed by atoms with Gasteiger partial charge in [0.1, 0.15) is 5.75 Å². The molecule has 0 aromatic heterocycles. The normalized spacial score (nSPS) is 20.2. The molecule has 1 aliphatic rings. The SMILES string of the molecule is COc1cccc2c1SC(COCCCl)CC(c1ccccc1)C2. The van der Waals surface area contributed by atoms with Gasteiger partial charge in [-0.3, -0.25) is 0 Å². The molecule has 0 spiro atoms. The van der Waals surface area contributed by atoms with Crippen LogP contribution in [0.1, 0.15) is 23.5 Å². The lowest BCUT2D eigenvalue weighted by Gasteiger charge is -2.20. The van der Waals surface area contributed by atoms with Gasteiger partial charge in [-0.15, -0.1) is 23.4 Å². The molecule has 128 valence electrons. The molecular formula is C20H23ClO2S. The molecule has 3 rings (SSSR count). The number of hydrogen-bond acceptors (Lipinski definition) is 3. The van der Waals surface area contributed by atoms with E-state index in [1.807, 2.05) is 17.8 Å². The van der Waals surface area contributed by atoms with E-state index in [1.165, 1.54) is 16.0 Å². The van der Waals surface area contributed by atoms with E-state index in [0.29, 0.717) is 23.7 Å². The minimum Gasteiger partial charge on any atom is -0.496 e. The highest BCUT2D eigenvalue weighted by Gasteiger charge is 2.27. The fourth-order valence-corrected chi connectivity index (χ4v) is 4.75. The quantitative estimate of drug-likeness (QED) is 0.523. The van der Waals surface area contributed by atoms with Crippen LogP contribution in [0.3, 0.4) is 0 Å². The van der Waals surface area contributed by atoms with Crippen molar-refractivity contribution in [2.24, 2.45) is 0 Å². The van der Waals surface area contributed by atoms with Crippen LogP contribution in [0, 0.1) is 0 Å². The monoisotopic (exact) mass is 362 g/mol. The molecule has 0 radical (unpaired) electrons. The van der Waals surface area contributed by atoms with E-state index in [1.54, 1.807) is 7.11 Å². The molecule has 2 nitrogen and oxygen atoms in total. The Morgan fingerprint density at radius 3 is 2.71 bits per heavy atom. The molecule has 2 aromatic carbocycles. The summed E-state index contributed by atoms with van der Waals surface area (Å²) in [5, 5.41) is 0.399. The molecule has 2 aromatic rings. The molecule has 24 heavy (non-hydrogen) atoms. The Balaban J connectivity index is 1.89. The summed E-state index contributed by atoms with van der Waals surface area (Å²) in [5.41, 5.74) is 2.77. The van der Waals surface area contributed by atoms with Gasteiger partial charge in [-0.25, -0.2) is 0 Å². The van der Waals surface area contributed by atoms with Gasteiger partial charge >= 0.3 is 0 Å². The van der Waals surface area contributed by atoms with E-state index in [9.17, 15) is 0 Å². The van der Waals surface area contributed by atoms with Crippen molar-refractivity contribution in [2.45, 2.75) is 28.9 Å². The largest absolute Gasteiger partial charge is 0.496 e. The predicted molar refractivity (Wildman–Crippen MR) is 102 cm³/mol. The Kier molecular flexibility index (Phi) is 6.47. The molecule has 4 heteroatoms. The van der Waals surface area contributed by atoms with E-state index in [4.69, 9.17) is 21.1 Å². The molecule has 1 aliphatic heterocycles. The number of rotatable bonds is 6. The van der Waals surface area contributed by atoms with Gasteiger partial charge in [-0.2, -0.15) is 0 Å². The third-order valence-electron chi connectivity index (χ3n) is 4.37. The first-order valence-corrected chi connectivity index (χ1v) is 9.74. The topological polar surface area (TPSA) is 18.5 Å². The van der Waals surface area contributed by atoms with Crippen LogP contribution < -0.4 is 4.74 Å². The lowest BCUT2D eigenvalue weighted by molar-refractivity contribution is 0.147. The van der Waals surface area contributed by atoms with E-state index in [-0.39, 0.29) is 0 Å². The maximum Gasteiger partial charge on any atom is 0.132 e. The highest BCUT2D eigenvalue weighted by Crippen LogP contribution is 2.44. The second kappa shape index (κ2) is 8.80. The Labute approximate surface area is 153 Å².